The van der Waals surface area contributed by atoms with E-state index in [-0.39, 0.29) is 20.6 Å². The molecule has 2 rings (SSSR count). The SMILES string of the molecule is CN(C)S(=O)(=O)c1cccc(C(=O)Nc2ccc(Br)c(C(F)(F)F)c2)c1. The summed E-state index contributed by atoms with van der Waals surface area (Å²) in [5.74, 6) is -0.726. The van der Waals surface area contributed by atoms with E-state index in [1.54, 1.807) is 0 Å². The van der Waals surface area contributed by atoms with E-state index in [1.165, 1.54) is 44.4 Å². The minimum absolute atomic E-state index is 0.00408. The number of nitrogens with zero attached hydrogens (tertiary/aromatic N) is 1. The van der Waals surface area contributed by atoms with Gasteiger partial charge in [-0.2, -0.15) is 13.2 Å². The van der Waals surface area contributed by atoms with E-state index in [0.717, 1.165) is 16.4 Å². The van der Waals surface area contributed by atoms with E-state index in [4.69, 9.17) is 0 Å². The van der Waals surface area contributed by atoms with Crippen LogP contribution in [-0.2, 0) is 16.2 Å². The van der Waals surface area contributed by atoms with Crippen molar-refractivity contribution in [3.63, 3.8) is 0 Å². The number of hydrogen-bond acceptors (Lipinski definition) is 3. The van der Waals surface area contributed by atoms with Crippen LogP contribution in [0.2, 0.25) is 0 Å². The lowest BCUT2D eigenvalue weighted by atomic mass is 10.1. The van der Waals surface area contributed by atoms with Gasteiger partial charge in [-0.1, -0.05) is 22.0 Å². The van der Waals surface area contributed by atoms with E-state index in [2.05, 4.69) is 21.2 Å². The summed E-state index contributed by atoms with van der Waals surface area (Å²) in [6.07, 6.45) is -4.58. The quantitative estimate of drug-likeness (QED) is 0.765. The first-order valence-corrected chi connectivity index (χ1v) is 9.37. The first-order valence-electron chi connectivity index (χ1n) is 7.13. The lowest BCUT2D eigenvalue weighted by Crippen LogP contribution is -2.22. The minimum atomic E-state index is -4.58. The highest BCUT2D eigenvalue weighted by atomic mass is 79.9. The van der Waals surface area contributed by atoms with Gasteiger partial charge in [0.05, 0.1) is 10.5 Å². The van der Waals surface area contributed by atoms with Crippen molar-refractivity contribution in [3.8, 4) is 0 Å². The molecule has 0 aliphatic carbocycles. The normalized spacial score (nSPS) is 12.3. The molecule has 0 aromatic heterocycles. The third-order valence-corrected chi connectivity index (χ3v) is 5.91. The van der Waals surface area contributed by atoms with Gasteiger partial charge in [-0.3, -0.25) is 4.79 Å². The van der Waals surface area contributed by atoms with Crippen molar-refractivity contribution in [2.45, 2.75) is 11.1 Å². The maximum atomic E-state index is 12.9. The van der Waals surface area contributed by atoms with Gasteiger partial charge >= 0.3 is 6.18 Å². The van der Waals surface area contributed by atoms with Gasteiger partial charge in [0.1, 0.15) is 0 Å². The van der Waals surface area contributed by atoms with Crippen molar-refractivity contribution in [1.29, 1.82) is 0 Å². The first kappa shape index (κ1) is 20.4. The highest BCUT2D eigenvalue weighted by molar-refractivity contribution is 9.10. The zero-order chi connectivity index (χ0) is 19.7. The number of sulfonamides is 1. The maximum Gasteiger partial charge on any atom is 0.417 e. The van der Waals surface area contributed by atoms with Crippen LogP contribution in [-0.4, -0.2) is 32.7 Å². The standard InChI is InChI=1S/C16H14BrF3N2O3S/c1-22(2)26(24,25)12-5-3-4-10(8-12)15(23)21-11-6-7-14(17)13(9-11)16(18,19)20/h3-9H,1-2H3,(H,21,23). The minimum Gasteiger partial charge on any atom is -0.322 e. The molecule has 1 N–H and O–H groups in total. The summed E-state index contributed by atoms with van der Waals surface area (Å²) in [6, 6.07) is 8.51. The third kappa shape index (κ3) is 4.43. The Balaban J connectivity index is 2.32. The van der Waals surface area contributed by atoms with Crippen LogP contribution in [0.25, 0.3) is 0 Å². The van der Waals surface area contributed by atoms with Gasteiger partial charge in [-0.05, 0) is 36.4 Å². The second-order valence-electron chi connectivity index (χ2n) is 5.46. The van der Waals surface area contributed by atoms with Gasteiger partial charge in [0, 0.05) is 29.8 Å². The number of carbonyl (C=O) groups excluding carboxylic acids is 1. The number of amides is 1. The molecule has 26 heavy (non-hydrogen) atoms. The van der Waals surface area contributed by atoms with E-state index in [9.17, 15) is 26.4 Å². The summed E-state index contributed by atoms with van der Waals surface area (Å²) < 4.78 is 63.9. The second kappa shape index (κ2) is 7.37. The fraction of sp³-hybridized carbons (Fsp3) is 0.188. The van der Waals surface area contributed by atoms with Crippen LogP contribution in [0.3, 0.4) is 0 Å². The number of halogens is 4. The predicted octanol–water partition coefficient (Wildman–Crippen LogP) is 3.97. The summed E-state index contributed by atoms with van der Waals surface area (Å²) in [4.78, 5) is 12.2. The molecule has 0 aliphatic heterocycles. The Kier molecular flexibility index (Phi) is 5.79. The summed E-state index contributed by atoms with van der Waals surface area (Å²) >= 11 is 2.82. The Labute approximate surface area is 157 Å². The number of carbonyl (C=O) groups is 1. The Hall–Kier alpha value is -1.91. The van der Waals surface area contributed by atoms with E-state index >= 15 is 0 Å². The van der Waals surface area contributed by atoms with Crippen LogP contribution >= 0.6 is 15.9 Å². The van der Waals surface area contributed by atoms with Crippen molar-refractivity contribution < 1.29 is 26.4 Å². The van der Waals surface area contributed by atoms with Crippen molar-refractivity contribution in [3.05, 3.63) is 58.1 Å². The van der Waals surface area contributed by atoms with Crippen molar-refractivity contribution in [2.75, 3.05) is 19.4 Å². The fourth-order valence-electron chi connectivity index (χ4n) is 2.03. The van der Waals surface area contributed by atoms with E-state index < -0.39 is 27.7 Å². The predicted molar refractivity (Wildman–Crippen MR) is 94.4 cm³/mol. The molecule has 0 unspecified atom stereocenters. The summed E-state index contributed by atoms with van der Waals surface area (Å²) in [5.41, 5.74) is -0.991. The molecule has 0 saturated heterocycles. The number of rotatable bonds is 4. The summed E-state index contributed by atoms with van der Waals surface area (Å²) in [6.45, 7) is 0. The Morgan fingerprint density at radius 2 is 1.77 bits per heavy atom. The van der Waals surface area contributed by atoms with Gasteiger partial charge in [0.25, 0.3) is 5.91 Å². The average Bonchev–Trinajstić information content (AvgIpc) is 2.55. The molecule has 0 aliphatic rings. The smallest absolute Gasteiger partial charge is 0.322 e. The largest absolute Gasteiger partial charge is 0.417 e. The van der Waals surface area contributed by atoms with Gasteiger partial charge in [0.2, 0.25) is 10.0 Å². The molecule has 0 spiro atoms. The van der Waals surface area contributed by atoms with Gasteiger partial charge in [-0.15, -0.1) is 0 Å². The lowest BCUT2D eigenvalue weighted by molar-refractivity contribution is -0.138. The highest BCUT2D eigenvalue weighted by Crippen LogP contribution is 2.36. The van der Waals surface area contributed by atoms with Crippen LogP contribution in [0, 0.1) is 0 Å². The molecule has 0 heterocycles. The molecule has 140 valence electrons. The van der Waals surface area contributed by atoms with Crippen LogP contribution in [0.4, 0.5) is 18.9 Å². The fourth-order valence-corrected chi connectivity index (χ4v) is 3.45. The van der Waals surface area contributed by atoms with Gasteiger partial charge in [-0.25, -0.2) is 12.7 Å². The zero-order valence-corrected chi connectivity index (χ0v) is 16.0. The number of benzene rings is 2. The molecule has 10 heteroatoms. The van der Waals surface area contributed by atoms with Crippen molar-refractivity contribution in [1.82, 2.24) is 4.31 Å². The van der Waals surface area contributed by atoms with E-state index in [0.29, 0.717) is 0 Å². The van der Waals surface area contributed by atoms with Crippen LogP contribution < -0.4 is 5.32 Å². The molecule has 1 amide bonds. The maximum absolute atomic E-state index is 12.9. The molecular formula is C16H14BrF3N2O3S. The number of anilines is 1. The van der Waals surface area contributed by atoms with Crippen molar-refractivity contribution in [2.24, 2.45) is 0 Å². The average molecular weight is 451 g/mol. The Morgan fingerprint density at radius 1 is 1.12 bits per heavy atom. The Morgan fingerprint density at radius 3 is 2.35 bits per heavy atom. The van der Waals surface area contributed by atoms with Crippen LogP contribution in [0.15, 0.2) is 51.8 Å². The third-order valence-electron chi connectivity index (χ3n) is 3.40. The highest BCUT2D eigenvalue weighted by Gasteiger charge is 2.33. The monoisotopic (exact) mass is 450 g/mol. The molecule has 2 aromatic rings. The molecular weight excluding hydrogens is 437 g/mol. The van der Waals surface area contributed by atoms with Crippen molar-refractivity contribution >= 4 is 37.5 Å². The van der Waals surface area contributed by atoms with E-state index in [1.807, 2.05) is 0 Å². The van der Waals surface area contributed by atoms with Crippen LogP contribution in [0.5, 0.6) is 0 Å². The van der Waals surface area contributed by atoms with Crippen LogP contribution in [0.1, 0.15) is 15.9 Å². The molecule has 0 bridgehead atoms. The number of alkyl halides is 3. The summed E-state index contributed by atoms with van der Waals surface area (Å²) in [7, 11) is -1.04. The van der Waals surface area contributed by atoms with Gasteiger partial charge in [0.15, 0.2) is 0 Å². The molecule has 2 aromatic carbocycles. The topological polar surface area (TPSA) is 66.5 Å². The number of hydrogen-bond donors (Lipinski definition) is 1. The molecule has 0 radical (unpaired) electrons. The first-order chi connectivity index (χ1) is 11.9. The second-order valence-corrected chi connectivity index (χ2v) is 8.47. The summed E-state index contributed by atoms with van der Waals surface area (Å²) in [5, 5.41) is 2.34. The Bertz CT molecular complexity index is 944. The molecule has 0 fully saturated rings. The molecule has 5 nitrogen and oxygen atoms in total. The van der Waals surface area contributed by atoms with Gasteiger partial charge < -0.3 is 5.32 Å². The molecule has 0 atom stereocenters. The number of nitrogens with one attached hydrogen (secondary N) is 1. The lowest BCUT2D eigenvalue weighted by Gasteiger charge is -2.13. The zero-order valence-electron chi connectivity index (χ0n) is 13.6. The molecule has 0 saturated carbocycles.